The molecule has 0 aromatic heterocycles. The Morgan fingerprint density at radius 3 is 2.46 bits per heavy atom. The molecule has 0 saturated carbocycles. The Hall–Kier alpha value is -2.07. The van der Waals surface area contributed by atoms with Crippen molar-refractivity contribution in [2.45, 2.75) is 117 Å². The lowest BCUT2D eigenvalue weighted by Crippen LogP contribution is -2.68. The van der Waals surface area contributed by atoms with Gasteiger partial charge in [0.1, 0.15) is 18.3 Å². The van der Waals surface area contributed by atoms with Crippen molar-refractivity contribution in [2.75, 3.05) is 0 Å². The second-order valence-corrected chi connectivity index (χ2v) is 11.8. The number of carbonyl (C=O) groups excluding carboxylic acids is 3. The predicted octanol–water partition coefficient (Wildman–Crippen LogP) is 3.01. The SMILES string of the molecule is CC(=O)O[C@H](C)/C(C)=C/C(=O)O[C@@H]1[C@H](C)C[C@H]2OC1(O)[C@@H](O)[C@@]1(C)CC[C@H](O1)C(C)(C)/C=C/[C@H](C)C2=O. The predicted molar refractivity (Wildman–Crippen MR) is 134 cm³/mol. The molecule has 208 valence electrons. The Kier molecular flexibility index (Phi) is 8.44. The van der Waals surface area contributed by atoms with E-state index < -0.39 is 65.0 Å². The maximum atomic E-state index is 13.3. The summed E-state index contributed by atoms with van der Waals surface area (Å²) in [6.07, 6.45) is 1.45. The van der Waals surface area contributed by atoms with Crippen LogP contribution in [0.2, 0.25) is 0 Å². The molecule has 9 heteroatoms. The summed E-state index contributed by atoms with van der Waals surface area (Å²) in [6.45, 7) is 13.8. The van der Waals surface area contributed by atoms with Crippen molar-refractivity contribution in [1.82, 2.24) is 0 Å². The van der Waals surface area contributed by atoms with Gasteiger partial charge in [0.2, 0.25) is 5.79 Å². The maximum Gasteiger partial charge on any atom is 0.331 e. The van der Waals surface area contributed by atoms with Crippen LogP contribution in [-0.2, 0) is 33.3 Å². The number of ketones is 1. The molecule has 37 heavy (non-hydrogen) atoms. The fourth-order valence-corrected chi connectivity index (χ4v) is 5.52. The van der Waals surface area contributed by atoms with Crippen molar-refractivity contribution < 1.29 is 43.5 Å². The highest BCUT2D eigenvalue weighted by atomic mass is 16.7. The fraction of sp³-hybridized carbons (Fsp3) is 0.750. The Balaban J connectivity index is 1.98. The molecule has 3 aliphatic rings. The van der Waals surface area contributed by atoms with Crippen LogP contribution in [0.5, 0.6) is 0 Å². The topological polar surface area (TPSA) is 129 Å². The summed E-state index contributed by atoms with van der Waals surface area (Å²) in [5.74, 6) is -4.91. The van der Waals surface area contributed by atoms with E-state index in [9.17, 15) is 24.6 Å². The quantitative estimate of drug-likeness (QED) is 0.325. The zero-order valence-corrected chi connectivity index (χ0v) is 23.1. The smallest absolute Gasteiger partial charge is 0.331 e. The third-order valence-electron chi connectivity index (χ3n) is 8.11. The largest absolute Gasteiger partial charge is 0.458 e. The Labute approximate surface area is 219 Å². The minimum absolute atomic E-state index is 0.195. The van der Waals surface area contributed by atoms with Crippen LogP contribution in [0.15, 0.2) is 23.8 Å². The molecule has 0 aromatic rings. The van der Waals surface area contributed by atoms with Gasteiger partial charge in [-0.1, -0.05) is 39.8 Å². The third kappa shape index (κ3) is 6.00. The number of esters is 2. The molecule has 3 heterocycles. The molecule has 1 unspecified atom stereocenters. The van der Waals surface area contributed by atoms with Crippen molar-refractivity contribution in [2.24, 2.45) is 17.3 Å². The average molecular weight is 523 g/mol. The number of ether oxygens (including phenoxy) is 4. The van der Waals surface area contributed by atoms with Gasteiger partial charge in [0.25, 0.3) is 0 Å². The number of hydrogen-bond donors (Lipinski definition) is 2. The molecule has 2 saturated heterocycles. The van der Waals surface area contributed by atoms with Gasteiger partial charge >= 0.3 is 11.9 Å². The minimum Gasteiger partial charge on any atom is -0.458 e. The number of carbonyl (C=O) groups is 3. The van der Waals surface area contributed by atoms with Crippen molar-refractivity contribution in [3.63, 3.8) is 0 Å². The van der Waals surface area contributed by atoms with Crippen LogP contribution in [0.25, 0.3) is 0 Å². The normalized spacial score (nSPS) is 41.7. The number of allylic oxidation sites excluding steroid dienone is 1. The summed E-state index contributed by atoms with van der Waals surface area (Å²) in [6, 6.07) is 0. The molecule has 4 bridgehead atoms. The summed E-state index contributed by atoms with van der Waals surface area (Å²) in [5, 5.41) is 23.5. The molecular weight excluding hydrogens is 480 g/mol. The number of aliphatic hydroxyl groups excluding tert-OH is 1. The lowest BCUT2D eigenvalue weighted by atomic mass is 9.78. The van der Waals surface area contributed by atoms with Gasteiger partial charge in [0.05, 0.1) is 11.7 Å². The molecule has 2 N–H and O–H groups in total. The second kappa shape index (κ2) is 10.6. The fourth-order valence-electron chi connectivity index (χ4n) is 5.52. The van der Waals surface area contributed by atoms with E-state index >= 15 is 0 Å². The summed E-state index contributed by atoms with van der Waals surface area (Å²) >= 11 is 0. The van der Waals surface area contributed by atoms with Gasteiger partial charge in [-0.15, -0.1) is 0 Å². The number of fused-ring (bicyclic) bond motifs is 4. The Morgan fingerprint density at radius 1 is 1.19 bits per heavy atom. The van der Waals surface area contributed by atoms with Crippen molar-refractivity contribution in [3.05, 3.63) is 23.8 Å². The van der Waals surface area contributed by atoms with Gasteiger partial charge in [0, 0.05) is 30.3 Å². The first-order valence-electron chi connectivity index (χ1n) is 13.1. The van der Waals surface area contributed by atoms with Crippen LogP contribution in [-0.4, -0.2) is 69.8 Å². The molecule has 0 aliphatic carbocycles. The van der Waals surface area contributed by atoms with Gasteiger partial charge in [-0.25, -0.2) is 4.79 Å². The molecular formula is C28H42O9. The van der Waals surface area contributed by atoms with E-state index in [0.29, 0.717) is 18.4 Å². The van der Waals surface area contributed by atoms with E-state index in [4.69, 9.17) is 18.9 Å². The van der Waals surface area contributed by atoms with Gasteiger partial charge in [-0.2, -0.15) is 0 Å². The van der Waals surface area contributed by atoms with E-state index in [-0.39, 0.29) is 18.3 Å². The van der Waals surface area contributed by atoms with Crippen LogP contribution in [0.1, 0.15) is 74.7 Å². The first kappa shape index (κ1) is 29.5. The number of aliphatic hydroxyl groups is 2. The molecule has 3 rings (SSSR count). The zero-order chi connectivity index (χ0) is 27.9. The molecule has 0 radical (unpaired) electrons. The van der Waals surface area contributed by atoms with Crippen molar-refractivity contribution >= 4 is 17.7 Å². The first-order chi connectivity index (χ1) is 17.0. The third-order valence-corrected chi connectivity index (χ3v) is 8.11. The summed E-state index contributed by atoms with van der Waals surface area (Å²) in [4.78, 5) is 37.5. The number of Topliss-reactive ketones (excluding diaryl/α,β-unsaturated/α-hetero) is 1. The first-order valence-corrected chi connectivity index (χ1v) is 13.1. The van der Waals surface area contributed by atoms with E-state index in [2.05, 4.69) is 0 Å². The Bertz CT molecular complexity index is 969. The van der Waals surface area contributed by atoms with Crippen molar-refractivity contribution in [1.29, 1.82) is 0 Å². The van der Waals surface area contributed by atoms with Crippen LogP contribution in [0.4, 0.5) is 0 Å². The summed E-state index contributed by atoms with van der Waals surface area (Å²) in [7, 11) is 0. The molecule has 9 nitrogen and oxygen atoms in total. The van der Waals surface area contributed by atoms with E-state index in [1.54, 1.807) is 34.6 Å². The van der Waals surface area contributed by atoms with Gasteiger partial charge in [0.15, 0.2) is 11.9 Å². The lowest BCUT2D eigenvalue weighted by Gasteiger charge is -2.51. The maximum absolute atomic E-state index is 13.3. The Morgan fingerprint density at radius 2 is 1.84 bits per heavy atom. The van der Waals surface area contributed by atoms with Crippen molar-refractivity contribution in [3.8, 4) is 0 Å². The van der Waals surface area contributed by atoms with Gasteiger partial charge in [-0.05, 0) is 45.6 Å². The highest BCUT2D eigenvalue weighted by Crippen LogP contribution is 2.48. The van der Waals surface area contributed by atoms with Crippen LogP contribution >= 0.6 is 0 Å². The highest BCUT2D eigenvalue weighted by Gasteiger charge is 2.62. The van der Waals surface area contributed by atoms with Crippen LogP contribution in [0, 0.1) is 17.3 Å². The monoisotopic (exact) mass is 522 g/mol. The van der Waals surface area contributed by atoms with Gasteiger partial charge < -0.3 is 29.2 Å². The number of hydrogen-bond acceptors (Lipinski definition) is 9. The van der Waals surface area contributed by atoms with Crippen LogP contribution in [0.3, 0.4) is 0 Å². The molecule has 2 fully saturated rings. The standard InChI is InChI=1S/C28H42O9/c1-15-9-11-26(6,7)21-10-12-27(8,37-21)25(32)28(33)24(17(3)13-20(36-28)23(15)31)35-22(30)14-16(2)18(4)34-19(5)29/h9,11,14-15,17-18,20-21,24-25,32-33H,10,12-13H2,1-8H3/b11-9+,16-14+/t15-,17+,18+,20+,21-,24+,25-,27+,28?/m0/s1. The minimum atomic E-state index is -2.40. The molecule has 0 amide bonds. The van der Waals surface area contributed by atoms with E-state index in [0.717, 1.165) is 0 Å². The van der Waals surface area contributed by atoms with Gasteiger partial charge in [-0.3, -0.25) is 9.59 Å². The number of rotatable bonds is 4. The molecule has 0 spiro atoms. The lowest BCUT2D eigenvalue weighted by molar-refractivity contribution is -0.363. The van der Waals surface area contributed by atoms with E-state index in [1.807, 2.05) is 26.0 Å². The van der Waals surface area contributed by atoms with Crippen LogP contribution < -0.4 is 0 Å². The summed E-state index contributed by atoms with van der Waals surface area (Å²) in [5.41, 5.74) is -1.18. The van der Waals surface area contributed by atoms with E-state index in [1.165, 1.54) is 13.0 Å². The summed E-state index contributed by atoms with van der Waals surface area (Å²) < 4.78 is 23.1. The molecule has 3 aliphatic heterocycles. The second-order valence-electron chi connectivity index (χ2n) is 11.8. The zero-order valence-electron chi connectivity index (χ0n) is 23.1. The molecule has 0 aromatic carbocycles. The highest BCUT2D eigenvalue weighted by molar-refractivity contribution is 5.87. The molecule has 9 atom stereocenters. The average Bonchev–Trinajstić information content (AvgIpc) is 3.22.